The van der Waals surface area contributed by atoms with Crippen LogP contribution in [0, 0.1) is 11.7 Å². The van der Waals surface area contributed by atoms with E-state index in [1.54, 1.807) is 0 Å². The van der Waals surface area contributed by atoms with Crippen molar-refractivity contribution in [3.63, 3.8) is 0 Å². The smallest absolute Gasteiger partial charge is 0.290 e. The number of ether oxygens (including phenoxy) is 1. The third-order valence-electron chi connectivity index (χ3n) is 6.11. The number of carbonyl (C=O) groups excluding carboxylic acids is 1. The number of sulfonamides is 1. The standard InChI is InChI=1S/C24H20ClFN4O6S/c25-15-4-6-17(36-10-8-18(27)31)22-20(15)28-23(29-37(22,34)35)19-21(32)14-11-13(26)3-5-16(14)30(24(19)33)9-7-12-1-2-12/h3-6,8,10-12,32H,1-2,7,9H2,(H2,27,31)(H,28,29)/b10-8+. The average molecular weight is 547 g/mol. The maximum absolute atomic E-state index is 14.1. The highest BCUT2D eigenvalue weighted by molar-refractivity contribution is 7.90. The Labute approximate surface area is 214 Å². The predicted octanol–water partition coefficient (Wildman–Crippen LogP) is 3.24. The Morgan fingerprint density at radius 1 is 1.32 bits per heavy atom. The maximum Gasteiger partial charge on any atom is 0.290 e. The number of nitrogens with two attached hydrogens (primary N) is 1. The number of hydrogen-bond acceptors (Lipinski definition) is 7. The molecule has 0 unspecified atom stereocenters. The Morgan fingerprint density at radius 2 is 2.08 bits per heavy atom. The lowest BCUT2D eigenvalue weighted by atomic mass is 10.1. The zero-order chi connectivity index (χ0) is 26.5. The van der Waals surface area contributed by atoms with Crippen LogP contribution in [-0.4, -0.2) is 29.8 Å². The summed E-state index contributed by atoms with van der Waals surface area (Å²) in [6.07, 6.45) is 4.58. The van der Waals surface area contributed by atoms with Crippen molar-refractivity contribution in [1.82, 2.24) is 4.57 Å². The van der Waals surface area contributed by atoms with Gasteiger partial charge in [0, 0.05) is 18.0 Å². The van der Waals surface area contributed by atoms with Crippen molar-refractivity contribution in [3.8, 4) is 11.5 Å². The quantitative estimate of drug-likeness (QED) is 0.304. The SMILES string of the molecule is NC(=O)/C=C/Oc1ccc(Cl)c2c1S(=O)(=O)N=C(c1c(O)c3cc(F)ccc3n(CCC3CC3)c1=O)N2. The van der Waals surface area contributed by atoms with E-state index < -0.39 is 49.4 Å². The van der Waals surface area contributed by atoms with E-state index in [2.05, 4.69) is 9.71 Å². The fourth-order valence-corrected chi connectivity index (χ4v) is 5.68. The number of pyridine rings is 1. The third kappa shape index (κ3) is 4.65. The molecule has 0 bridgehead atoms. The molecule has 192 valence electrons. The zero-order valence-electron chi connectivity index (χ0n) is 19.1. The summed E-state index contributed by atoms with van der Waals surface area (Å²) in [6, 6.07) is 6.23. The largest absolute Gasteiger partial charge is 0.506 e. The van der Waals surface area contributed by atoms with Crippen molar-refractivity contribution in [3.05, 3.63) is 69.4 Å². The van der Waals surface area contributed by atoms with Crippen molar-refractivity contribution >= 4 is 50.0 Å². The van der Waals surface area contributed by atoms with E-state index in [9.17, 15) is 27.5 Å². The van der Waals surface area contributed by atoms with E-state index in [4.69, 9.17) is 22.1 Å². The molecule has 0 atom stereocenters. The topological polar surface area (TPSA) is 153 Å². The van der Waals surface area contributed by atoms with Crippen molar-refractivity contribution in [2.75, 3.05) is 5.32 Å². The van der Waals surface area contributed by atoms with E-state index in [0.717, 1.165) is 31.2 Å². The first-order valence-corrected chi connectivity index (χ1v) is 13.0. The van der Waals surface area contributed by atoms with E-state index in [0.29, 0.717) is 24.4 Å². The van der Waals surface area contributed by atoms with Crippen LogP contribution in [0.1, 0.15) is 24.8 Å². The molecule has 2 aliphatic rings. The lowest BCUT2D eigenvalue weighted by Crippen LogP contribution is -2.33. The minimum absolute atomic E-state index is 0.0258. The highest BCUT2D eigenvalue weighted by Crippen LogP contribution is 2.42. The zero-order valence-corrected chi connectivity index (χ0v) is 20.6. The molecule has 0 radical (unpaired) electrons. The molecule has 0 saturated heterocycles. The second-order valence-electron chi connectivity index (χ2n) is 8.69. The summed E-state index contributed by atoms with van der Waals surface area (Å²) in [4.78, 5) is 24.1. The number of amidine groups is 1. The first kappa shape index (κ1) is 24.8. The van der Waals surface area contributed by atoms with Gasteiger partial charge in [-0.2, -0.15) is 8.42 Å². The van der Waals surface area contributed by atoms with E-state index in [-0.39, 0.29) is 21.8 Å². The number of aromatic hydroxyl groups is 1. The van der Waals surface area contributed by atoms with Gasteiger partial charge < -0.3 is 25.5 Å². The number of aryl methyl sites for hydroxylation is 1. The molecule has 37 heavy (non-hydrogen) atoms. The number of amides is 1. The summed E-state index contributed by atoms with van der Waals surface area (Å²) in [5.41, 5.74) is 4.04. The van der Waals surface area contributed by atoms with Crippen molar-refractivity contribution < 1.29 is 27.4 Å². The van der Waals surface area contributed by atoms with Crippen LogP contribution in [0.3, 0.4) is 0 Å². The molecule has 13 heteroatoms. The van der Waals surface area contributed by atoms with Gasteiger partial charge in [0.1, 0.15) is 22.9 Å². The molecule has 3 aromatic rings. The van der Waals surface area contributed by atoms with Gasteiger partial charge in [-0.3, -0.25) is 9.59 Å². The molecule has 10 nitrogen and oxygen atoms in total. The molecule has 1 amide bonds. The molecule has 5 rings (SSSR count). The fraction of sp³-hybridized carbons (Fsp3) is 0.208. The van der Waals surface area contributed by atoms with Crippen LogP contribution in [0.25, 0.3) is 10.9 Å². The Kier molecular flexibility index (Phi) is 6.16. The van der Waals surface area contributed by atoms with Crippen LogP contribution in [0.4, 0.5) is 10.1 Å². The van der Waals surface area contributed by atoms with Crippen LogP contribution in [-0.2, 0) is 21.4 Å². The molecule has 4 N–H and O–H groups in total. The van der Waals surface area contributed by atoms with Gasteiger partial charge in [-0.25, -0.2) is 4.39 Å². The Hall–Kier alpha value is -3.90. The van der Waals surface area contributed by atoms with Crippen molar-refractivity contribution in [2.45, 2.75) is 30.7 Å². The minimum Gasteiger partial charge on any atom is -0.506 e. The molecular weight excluding hydrogens is 527 g/mol. The first-order chi connectivity index (χ1) is 17.6. The van der Waals surface area contributed by atoms with Crippen LogP contribution in [0.2, 0.25) is 5.02 Å². The number of hydrogen-bond donors (Lipinski definition) is 3. The maximum atomic E-state index is 14.1. The van der Waals surface area contributed by atoms with Gasteiger partial charge >= 0.3 is 0 Å². The second-order valence-corrected chi connectivity index (χ2v) is 10.6. The molecule has 1 saturated carbocycles. The monoisotopic (exact) mass is 546 g/mol. The first-order valence-electron chi connectivity index (χ1n) is 11.2. The number of primary amides is 1. The third-order valence-corrected chi connectivity index (χ3v) is 7.76. The number of nitrogens with one attached hydrogen (secondary N) is 1. The molecule has 1 aromatic heterocycles. The Morgan fingerprint density at radius 3 is 2.78 bits per heavy atom. The number of halogens is 2. The molecule has 1 fully saturated rings. The van der Waals surface area contributed by atoms with E-state index in [1.807, 2.05) is 0 Å². The number of fused-ring (bicyclic) bond motifs is 2. The van der Waals surface area contributed by atoms with Crippen LogP contribution >= 0.6 is 11.6 Å². The van der Waals surface area contributed by atoms with Gasteiger partial charge in [0.15, 0.2) is 10.7 Å². The molecule has 2 aromatic carbocycles. The highest BCUT2D eigenvalue weighted by atomic mass is 35.5. The van der Waals surface area contributed by atoms with Gasteiger partial charge in [-0.05, 0) is 42.7 Å². The number of aromatic nitrogens is 1. The lowest BCUT2D eigenvalue weighted by molar-refractivity contribution is -0.113. The number of rotatable bonds is 7. The summed E-state index contributed by atoms with van der Waals surface area (Å²) in [5, 5.41) is 13.7. The summed E-state index contributed by atoms with van der Waals surface area (Å²) in [5.74, 6) is -2.30. The summed E-state index contributed by atoms with van der Waals surface area (Å²) in [7, 11) is -4.53. The molecule has 0 spiro atoms. The number of carbonyl (C=O) groups is 1. The molecule has 1 aliphatic heterocycles. The predicted molar refractivity (Wildman–Crippen MR) is 135 cm³/mol. The normalized spacial score (nSPS) is 16.3. The van der Waals surface area contributed by atoms with Gasteiger partial charge in [0.05, 0.1) is 22.5 Å². The van der Waals surface area contributed by atoms with Gasteiger partial charge in [-0.15, -0.1) is 4.40 Å². The van der Waals surface area contributed by atoms with Gasteiger partial charge in [-0.1, -0.05) is 24.4 Å². The van der Waals surface area contributed by atoms with Crippen LogP contribution in [0.5, 0.6) is 11.5 Å². The number of nitrogens with zero attached hydrogens (tertiary/aromatic N) is 2. The van der Waals surface area contributed by atoms with Gasteiger partial charge in [0.2, 0.25) is 5.91 Å². The average Bonchev–Trinajstić information content (AvgIpc) is 3.65. The summed E-state index contributed by atoms with van der Waals surface area (Å²) in [6.45, 7) is 0.292. The van der Waals surface area contributed by atoms with Crippen molar-refractivity contribution in [1.29, 1.82) is 0 Å². The lowest BCUT2D eigenvalue weighted by Gasteiger charge is -2.22. The highest BCUT2D eigenvalue weighted by Gasteiger charge is 2.34. The number of anilines is 1. The Bertz CT molecular complexity index is 1700. The fourth-order valence-electron chi connectivity index (χ4n) is 4.16. The molecule has 1 aliphatic carbocycles. The van der Waals surface area contributed by atoms with E-state index in [1.165, 1.54) is 28.8 Å². The summed E-state index contributed by atoms with van der Waals surface area (Å²) >= 11 is 6.27. The summed E-state index contributed by atoms with van der Waals surface area (Å²) < 4.78 is 51.0. The van der Waals surface area contributed by atoms with Crippen LogP contribution in [0.15, 0.2) is 56.8 Å². The van der Waals surface area contributed by atoms with Crippen molar-refractivity contribution in [2.24, 2.45) is 16.0 Å². The van der Waals surface area contributed by atoms with E-state index >= 15 is 0 Å². The Balaban J connectivity index is 1.68. The minimum atomic E-state index is -4.53. The second kappa shape index (κ2) is 9.20. The van der Waals surface area contributed by atoms with Gasteiger partial charge in [0.25, 0.3) is 15.6 Å². The van der Waals surface area contributed by atoms with Crippen LogP contribution < -0.4 is 21.3 Å². The molecule has 2 heterocycles. The number of benzene rings is 2. The molecular formula is C24H20ClFN4O6S.